The molecule has 1 atom stereocenters. The van der Waals surface area contributed by atoms with Crippen LogP contribution < -0.4 is 0 Å². The van der Waals surface area contributed by atoms with E-state index in [4.69, 9.17) is 6.48 Å². The second-order valence-electron chi connectivity index (χ2n) is 0.707. The van der Waals surface area contributed by atoms with E-state index in [0.29, 0.717) is 6.42 Å². The maximum Gasteiger partial charge on any atom is 0.0567 e. The molecule has 1 heteroatoms. The second-order valence-corrected chi connectivity index (χ2v) is 0.707. The Kier molecular flexibility index (Phi) is 2.16. The number of aliphatic hydroxyl groups is 1. The van der Waals surface area contributed by atoms with Gasteiger partial charge in [0.1, 0.15) is 0 Å². The third-order valence-electron chi connectivity index (χ3n) is 0.272. The molecule has 0 saturated heterocycles. The number of hydrogen-bond donors (Lipinski definition) is 1. The number of hydrogen-bond acceptors (Lipinski definition) is 1. The average molecular weight is 73.1 g/mol. The highest BCUT2D eigenvalue weighted by molar-refractivity contribution is 4.63. The molecule has 0 heterocycles. The van der Waals surface area contributed by atoms with Crippen molar-refractivity contribution in [2.24, 2.45) is 0 Å². The highest BCUT2D eigenvalue weighted by Gasteiger charge is 1.62. The van der Waals surface area contributed by atoms with Crippen molar-refractivity contribution in [1.29, 1.82) is 0 Å². The molecule has 0 unspecified atom stereocenters. The Hall–Kier alpha value is -0.300. The predicted molar refractivity (Wildman–Crippen MR) is 21.9 cm³/mol. The van der Waals surface area contributed by atoms with Crippen LogP contribution in [0.5, 0.6) is 0 Å². The van der Waals surface area contributed by atoms with E-state index in [1.165, 1.54) is 6.08 Å². The summed E-state index contributed by atoms with van der Waals surface area (Å²) < 4.78 is 6.46. The molecule has 0 aromatic heterocycles. The molecule has 0 fully saturated rings. The minimum Gasteiger partial charge on any atom is -0.396 e. The first-order valence-corrected chi connectivity index (χ1v) is 1.48. The molecule has 0 aromatic carbocycles. The molecule has 0 rings (SSSR count). The highest BCUT2D eigenvalue weighted by Crippen LogP contribution is 1.69. The van der Waals surface area contributed by atoms with Crippen LogP contribution in [-0.2, 0) is 0 Å². The molecule has 0 bridgehead atoms. The quantitative estimate of drug-likeness (QED) is 0.473. The van der Waals surface area contributed by atoms with Crippen LogP contribution in [0.15, 0.2) is 12.7 Å². The lowest BCUT2D eigenvalue weighted by Gasteiger charge is -1.73. The SMILES string of the molecule is [2H][C@H](O)CC=C. The first kappa shape index (κ1) is 2.91. The summed E-state index contributed by atoms with van der Waals surface area (Å²) in [7, 11) is 0. The molecule has 0 aromatic rings. The zero-order valence-electron chi connectivity index (χ0n) is 4.02. The van der Waals surface area contributed by atoms with Crippen LogP contribution in [0.4, 0.5) is 0 Å². The summed E-state index contributed by atoms with van der Waals surface area (Å²) in [6.07, 6.45) is 1.87. The van der Waals surface area contributed by atoms with Crippen LogP contribution in [0.3, 0.4) is 0 Å². The normalized spacial score (nSPS) is 16.6. The van der Waals surface area contributed by atoms with Crippen molar-refractivity contribution in [3.05, 3.63) is 12.7 Å². The van der Waals surface area contributed by atoms with Crippen molar-refractivity contribution < 1.29 is 6.48 Å². The maximum atomic E-state index is 8.15. The monoisotopic (exact) mass is 73.1 g/mol. The van der Waals surface area contributed by atoms with Crippen molar-refractivity contribution in [2.75, 3.05) is 6.58 Å². The van der Waals surface area contributed by atoms with Gasteiger partial charge in [-0.1, -0.05) is 6.08 Å². The Bertz CT molecular complexity index is 42.8. The van der Waals surface area contributed by atoms with E-state index in [0.717, 1.165) is 0 Å². The highest BCUT2D eigenvalue weighted by atomic mass is 16.2. The third-order valence-corrected chi connectivity index (χ3v) is 0.272. The fourth-order valence-electron chi connectivity index (χ4n) is 0.0745. The summed E-state index contributed by atoms with van der Waals surface area (Å²) in [5.74, 6) is 0. The van der Waals surface area contributed by atoms with E-state index in [9.17, 15) is 0 Å². The van der Waals surface area contributed by atoms with E-state index < -0.39 is 6.58 Å². The molecule has 0 amide bonds. The zero-order chi connectivity index (χ0) is 4.99. The molecule has 1 nitrogen and oxygen atoms in total. The Balaban J connectivity index is 2.81. The Labute approximate surface area is 33.3 Å². The van der Waals surface area contributed by atoms with Crippen LogP contribution in [0.2, 0.25) is 0 Å². The predicted octanol–water partition coefficient (Wildman–Crippen LogP) is 0.555. The van der Waals surface area contributed by atoms with Crippen LogP contribution in [0, 0.1) is 0 Å². The second kappa shape index (κ2) is 3.70. The van der Waals surface area contributed by atoms with Gasteiger partial charge >= 0.3 is 0 Å². The van der Waals surface area contributed by atoms with Crippen LogP contribution in [0.25, 0.3) is 0 Å². The number of rotatable bonds is 2. The zero-order valence-corrected chi connectivity index (χ0v) is 3.02. The standard InChI is InChI=1S/C4H8O/c1-2-3-4-5/h2,5H,1,3-4H2/i4D/t4-/m0/s1. The van der Waals surface area contributed by atoms with E-state index in [1.807, 2.05) is 0 Å². The smallest absolute Gasteiger partial charge is 0.0567 e. The topological polar surface area (TPSA) is 20.2 Å². The summed E-state index contributed by atoms with van der Waals surface area (Å²) in [6.45, 7) is 2.35. The Morgan fingerprint density at radius 2 is 2.80 bits per heavy atom. The van der Waals surface area contributed by atoms with Gasteiger partial charge in [0.05, 0.1) is 1.37 Å². The van der Waals surface area contributed by atoms with Crippen LogP contribution in [-0.4, -0.2) is 11.7 Å². The molecular formula is C4H8O. The van der Waals surface area contributed by atoms with Crippen LogP contribution >= 0.6 is 0 Å². The first-order chi connectivity index (χ1) is 2.77. The van der Waals surface area contributed by atoms with E-state index in [1.54, 1.807) is 0 Å². The fraction of sp³-hybridized carbons (Fsp3) is 0.500. The molecule has 30 valence electrons. The van der Waals surface area contributed by atoms with Gasteiger partial charge in [0.25, 0.3) is 0 Å². The van der Waals surface area contributed by atoms with Crippen molar-refractivity contribution in [3.8, 4) is 0 Å². The van der Waals surface area contributed by atoms with E-state index in [2.05, 4.69) is 6.58 Å². The molecule has 0 aliphatic carbocycles. The first-order valence-electron chi connectivity index (χ1n) is 2.06. The van der Waals surface area contributed by atoms with Gasteiger partial charge in [0.15, 0.2) is 0 Å². The molecule has 1 N–H and O–H groups in total. The van der Waals surface area contributed by atoms with Crippen molar-refractivity contribution in [1.82, 2.24) is 0 Å². The molecule has 0 radical (unpaired) electrons. The van der Waals surface area contributed by atoms with Crippen LogP contribution in [0.1, 0.15) is 7.79 Å². The molecule has 0 aliphatic rings. The molecule has 0 spiro atoms. The fourth-order valence-corrected chi connectivity index (χ4v) is 0.0745. The van der Waals surface area contributed by atoms with Crippen molar-refractivity contribution in [3.63, 3.8) is 0 Å². The summed E-state index contributed by atoms with van der Waals surface area (Å²) in [6, 6.07) is 0. The summed E-state index contributed by atoms with van der Waals surface area (Å²) >= 11 is 0. The third kappa shape index (κ3) is 3.70. The number of aliphatic hydroxyl groups excluding tert-OH is 1. The lowest BCUT2D eigenvalue weighted by molar-refractivity contribution is 0.303. The summed E-state index contributed by atoms with van der Waals surface area (Å²) in [4.78, 5) is 0. The maximum absolute atomic E-state index is 8.15. The lowest BCUT2D eigenvalue weighted by atomic mass is 10.5. The Morgan fingerprint density at radius 1 is 2.20 bits per heavy atom. The van der Waals surface area contributed by atoms with Crippen molar-refractivity contribution >= 4 is 0 Å². The lowest BCUT2D eigenvalue weighted by Crippen LogP contribution is -1.71. The molecule has 0 aliphatic heterocycles. The van der Waals surface area contributed by atoms with Gasteiger partial charge in [-0.2, -0.15) is 0 Å². The van der Waals surface area contributed by atoms with Gasteiger partial charge < -0.3 is 5.11 Å². The molecular weight excluding hydrogens is 64.0 g/mol. The van der Waals surface area contributed by atoms with Gasteiger partial charge in [-0.25, -0.2) is 0 Å². The Morgan fingerprint density at radius 3 is 2.80 bits per heavy atom. The summed E-state index contributed by atoms with van der Waals surface area (Å²) in [5, 5.41) is 8.15. The van der Waals surface area contributed by atoms with Gasteiger partial charge in [-0.3, -0.25) is 0 Å². The largest absolute Gasteiger partial charge is 0.396 e. The van der Waals surface area contributed by atoms with Gasteiger partial charge in [0.2, 0.25) is 0 Å². The molecule has 0 saturated carbocycles. The average Bonchev–Trinajstić information content (AvgIpc) is 1.35. The minimum atomic E-state index is -0.970. The minimum absolute atomic E-state index is 0.361. The van der Waals surface area contributed by atoms with Gasteiger partial charge in [-0.05, 0) is 6.42 Å². The van der Waals surface area contributed by atoms with E-state index >= 15 is 0 Å². The van der Waals surface area contributed by atoms with Crippen molar-refractivity contribution in [2.45, 2.75) is 6.42 Å². The van der Waals surface area contributed by atoms with Gasteiger partial charge in [-0.15, -0.1) is 6.58 Å². The molecule has 5 heavy (non-hydrogen) atoms. The van der Waals surface area contributed by atoms with E-state index in [-0.39, 0.29) is 0 Å². The summed E-state index contributed by atoms with van der Waals surface area (Å²) in [5.41, 5.74) is 0. The van der Waals surface area contributed by atoms with Gasteiger partial charge in [0, 0.05) is 6.58 Å².